The quantitative estimate of drug-likeness (QED) is 0.377. The first-order valence-corrected chi connectivity index (χ1v) is 8.66. The van der Waals surface area contributed by atoms with E-state index in [9.17, 15) is 14.9 Å². The lowest BCUT2D eigenvalue weighted by atomic mass is 10.2. The molecule has 0 fully saturated rings. The summed E-state index contributed by atoms with van der Waals surface area (Å²) in [4.78, 5) is 28.0. The molecule has 0 saturated carbocycles. The molecule has 0 spiro atoms. The van der Waals surface area contributed by atoms with Crippen LogP contribution in [0.3, 0.4) is 0 Å². The van der Waals surface area contributed by atoms with Crippen molar-refractivity contribution in [1.29, 1.82) is 0 Å². The highest BCUT2D eigenvalue weighted by molar-refractivity contribution is 5.80. The number of methoxy groups -OCH3 is 1. The van der Waals surface area contributed by atoms with Crippen LogP contribution in [0.25, 0.3) is 28.7 Å². The summed E-state index contributed by atoms with van der Waals surface area (Å²) in [7, 11) is 1.52. The van der Waals surface area contributed by atoms with E-state index >= 15 is 0 Å². The average molecular weight is 389 g/mol. The maximum absolute atomic E-state index is 13.2. The van der Waals surface area contributed by atoms with Crippen LogP contribution in [0.2, 0.25) is 0 Å². The molecule has 0 atom stereocenters. The van der Waals surface area contributed by atoms with Crippen molar-refractivity contribution in [2.45, 2.75) is 0 Å². The Balaban J connectivity index is 1.93. The largest absolute Gasteiger partial charge is 0.495 e. The van der Waals surface area contributed by atoms with E-state index in [1.165, 1.54) is 29.9 Å². The van der Waals surface area contributed by atoms with Crippen molar-refractivity contribution in [2.24, 2.45) is 0 Å². The molecule has 4 aromatic rings. The fraction of sp³-hybridized carbons (Fsp3) is 0.0476. The van der Waals surface area contributed by atoms with Crippen molar-refractivity contribution in [1.82, 2.24) is 9.55 Å². The lowest BCUT2D eigenvalue weighted by molar-refractivity contribution is -0.402. The molecular weight excluding hydrogens is 374 g/mol. The number of ether oxygens (including phenoxy) is 1. The number of benzene rings is 2. The summed E-state index contributed by atoms with van der Waals surface area (Å²) in [6, 6.07) is 16.9. The van der Waals surface area contributed by atoms with E-state index in [0.29, 0.717) is 28.2 Å². The number of nitrogens with zero attached hydrogens (tertiary/aromatic N) is 3. The number of furan rings is 1. The topological polar surface area (TPSA) is 100 Å². The molecule has 0 N–H and O–H groups in total. The van der Waals surface area contributed by atoms with Crippen molar-refractivity contribution >= 4 is 28.9 Å². The third kappa shape index (κ3) is 3.39. The van der Waals surface area contributed by atoms with Crippen molar-refractivity contribution < 1.29 is 14.1 Å². The van der Waals surface area contributed by atoms with Crippen molar-refractivity contribution in [3.8, 4) is 11.4 Å². The smallest absolute Gasteiger partial charge is 0.433 e. The van der Waals surface area contributed by atoms with E-state index in [1.54, 1.807) is 54.6 Å². The molecule has 0 bridgehead atoms. The van der Waals surface area contributed by atoms with Crippen molar-refractivity contribution in [3.63, 3.8) is 0 Å². The standard InChI is InChI=1S/C21H15N3O5/c1-28-18-9-5-4-8-17(18)23-19(12-10-14-11-13-20(29-14)24(26)27)22-16-7-3-2-6-15(16)21(23)25/h2-13H,1H3/b12-10+. The third-order valence-corrected chi connectivity index (χ3v) is 4.32. The molecule has 0 aliphatic carbocycles. The molecule has 0 aliphatic rings. The van der Waals surface area contributed by atoms with Crippen molar-refractivity contribution in [2.75, 3.05) is 7.11 Å². The van der Waals surface area contributed by atoms with Gasteiger partial charge in [0.25, 0.3) is 5.56 Å². The summed E-state index contributed by atoms with van der Waals surface area (Å²) >= 11 is 0. The number of hydrogen-bond donors (Lipinski definition) is 0. The van der Waals surface area contributed by atoms with Gasteiger partial charge in [-0.2, -0.15) is 0 Å². The Morgan fingerprint density at radius 2 is 1.83 bits per heavy atom. The fourth-order valence-corrected chi connectivity index (χ4v) is 3.00. The average Bonchev–Trinajstić information content (AvgIpc) is 3.22. The molecule has 0 unspecified atom stereocenters. The summed E-state index contributed by atoms with van der Waals surface area (Å²) in [6.45, 7) is 0. The van der Waals surface area contributed by atoms with Gasteiger partial charge in [0.1, 0.15) is 22.3 Å². The fourth-order valence-electron chi connectivity index (χ4n) is 3.00. The zero-order chi connectivity index (χ0) is 20.4. The van der Waals surface area contributed by atoms with Gasteiger partial charge in [-0.3, -0.25) is 19.5 Å². The summed E-state index contributed by atoms with van der Waals surface area (Å²) in [6.07, 6.45) is 3.10. The van der Waals surface area contributed by atoms with Crippen LogP contribution in [0.4, 0.5) is 5.88 Å². The normalized spacial score (nSPS) is 11.2. The van der Waals surface area contributed by atoms with E-state index < -0.39 is 4.92 Å². The number of fused-ring (bicyclic) bond motifs is 1. The first-order chi connectivity index (χ1) is 14.1. The molecule has 29 heavy (non-hydrogen) atoms. The highest BCUT2D eigenvalue weighted by Gasteiger charge is 2.15. The van der Waals surface area contributed by atoms with E-state index in [4.69, 9.17) is 9.15 Å². The highest BCUT2D eigenvalue weighted by atomic mass is 16.6. The number of rotatable bonds is 5. The van der Waals surface area contributed by atoms with Crippen LogP contribution in [0.15, 0.2) is 69.9 Å². The Hall–Kier alpha value is -4.20. The SMILES string of the molecule is COc1ccccc1-n1c(/C=C/c2ccc([N+](=O)[O-])o2)nc2ccccc2c1=O. The van der Waals surface area contributed by atoms with Gasteiger partial charge < -0.3 is 9.15 Å². The molecule has 0 saturated heterocycles. The van der Waals surface area contributed by atoms with Crippen LogP contribution in [0.1, 0.15) is 11.6 Å². The molecule has 0 aliphatic heterocycles. The Kier molecular flexibility index (Phi) is 4.66. The van der Waals surface area contributed by atoms with Crippen LogP contribution >= 0.6 is 0 Å². The molecule has 8 nitrogen and oxygen atoms in total. The maximum atomic E-state index is 13.2. The molecule has 0 amide bonds. The van der Waals surface area contributed by atoms with E-state index in [1.807, 2.05) is 0 Å². The van der Waals surface area contributed by atoms with E-state index in [2.05, 4.69) is 4.98 Å². The molecule has 2 aromatic carbocycles. The maximum Gasteiger partial charge on any atom is 0.433 e. The van der Waals surface area contributed by atoms with Gasteiger partial charge in [-0.15, -0.1) is 0 Å². The van der Waals surface area contributed by atoms with Crippen LogP contribution in [0, 0.1) is 10.1 Å². The zero-order valence-electron chi connectivity index (χ0n) is 15.3. The van der Waals surface area contributed by atoms with Gasteiger partial charge in [0.05, 0.1) is 29.8 Å². The lowest BCUT2D eigenvalue weighted by Crippen LogP contribution is -2.22. The van der Waals surface area contributed by atoms with Crippen molar-refractivity contribution in [3.05, 3.63) is 92.7 Å². The summed E-state index contributed by atoms with van der Waals surface area (Å²) < 4.78 is 12.0. The summed E-state index contributed by atoms with van der Waals surface area (Å²) in [5.74, 6) is 0.746. The Bertz CT molecular complexity index is 1300. The number of aromatic nitrogens is 2. The first kappa shape index (κ1) is 18.2. The second kappa shape index (κ2) is 7.43. The Morgan fingerprint density at radius 3 is 2.59 bits per heavy atom. The van der Waals surface area contributed by atoms with Gasteiger partial charge >= 0.3 is 5.88 Å². The minimum absolute atomic E-state index is 0.259. The van der Waals surface area contributed by atoms with Crippen LogP contribution in [0.5, 0.6) is 5.75 Å². The minimum atomic E-state index is -0.615. The van der Waals surface area contributed by atoms with Crippen LogP contribution < -0.4 is 10.3 Å². The lowest BCUT2D eigenvalue weighted by Gasteiger charge is -2.14. The molecule has 4 rings (SSSR count). The van der Waals surface area contributed by atoms with Gasteiger partial charge in [0.15, 0.2) is 0 Å². The van der Waals surface area contributed by atoms with Gasteiger partial charge in [-0.25, -0.2) is 4.98 Å². The molecular formula is C21H15N3O5. The van der Waals surface area contributed by atoms with Gasteiger partial charge in [0.2, 0.25) is 0 Å². The highest BCUT2D eigenvalue weighted by Crippen LogP contribution is 2.24. The molecule has 0 radical (unpaired) electrons. The predicted molar refractivity (Wildman–Crippen MR) is 108 cm³/mol. The molecule has 8 heteroatoms. The number of nitro groups is 1. The second-order valence-corrected chi connectivity index (χ2v) is 6.07. The summed E-state index contributed by atoms with van der Waals surface area (Å²) in [5.41, 5.74) is 0.808. The van der Waals surface area contributed by atoms with E-state index in [-0.39, 0.29) is 17.2 Å². The third-order valence-electron chi connectivity index (χ3n) is 4.32. The monoisotopic (exact) mass is 389 g/mol. The summed E-state index contributed by atoms with van der Waals surface area (Å²) in [5, 5.41) is 11.3. The molecule has 2 aromatic heterocycles. The van der Waals surface area contributed by atoms with E-state index in [0.717, 1.165) is 0 Å². The van der Waals surface area contributed by atoms with Gasteiger partial charge in [-0.05, 0) is 42.5 Å². The van der Waals surface area contributed by atoms with Gasteiger partial charge in [-0.1, -0.05) is 24.3 Å². The zero-order valence-corrected chi connectivity index (χ0v) is 15.3. The van der Waals surface area contributed by atoms with Crippen LogP contribution in [-0.2, 0) is 0 Å². The van der Waals surface area contributed by atoms with Crippen LogP contribution in [-0.4, -0.2) is 21.6 Å². The molecule has 144 valence electrons. The minimum Gasteiger partial charge on any atom is -0.495 e. The van der Waals surface area contributed by atoms with Gasteiger partial charge in [0, 0.05) is 0 Å². The first-order valence-electron chi connectivity index (χ1n) is 8.66. The Labute approximate surface area is 164 Å². The number of para-hydroxylation sites is 3. The number of hydrogen-bond acceptors (Lipinski definition) is 6. The Morgan fingerprint density at radius 1 is 1.07 bits per heavy atom. The molecule has 2 heterocycles. The predicted octanol–water partition coefficient (Wildman–Crippen LogP) is 4.07. The second-order valence-electron chi connectivity index (χ2n) is 6.07.